The van der Waals surface area contributed by atoms with Gasteiger partial charge in [0.25, 0.3) is 0 Å². The van der Waals surface area contributed by atoms with Crippen LogP contribution in [0.1, 0.15) is 18.5 Å². The maximum atomic E-state index is 5.65. The van der Waals surface area contributed by atoms with Crippen LogP contribution in [0, 0.1) is 0 Å². The van der Waals surface area contributed by atoms with E-state index in [4.69, 9.17) is 9.41 Å². The number of thiazole rings is 1. The van der Waals surface area contributed by atoms with Gasteiger partial charge in [0.2, 0.25) is 0 Å². The van der Waals surface area contributed by atoms with Crippen LogP contribution in [-0.4, -0.2) is 4.57 Å². The van der Waals surface area contributed by atoms with E-state index in [9.17, 15) is 0 Å². The molecule has 3 nitrogen and oxygen atoms in total. The van der Waals surface area contributed by atoms with Gasteiger partial charge in [0.05, 0.1) is 23.7 Å². The fourth-order valence-corrected chi connectivity index (χ4v) is 3.85. The highest BCUT2D eigenvalue weighted by Crippen LogP contribution is 2.27. The van der Waals surface area contributed by atoms with E-state index in [1.807, 2.05) is 48.5 Å². The summed E-state index contributed by atoms with van der Waals surface area (Å²) in [5.74, 6) is 0.855. The van der Waals surface area contributed by atoms with Gasteiger partial charge in [-0.3, -0.25) is 0 Å². The fourth-order valence-electron chi connectivity index (χ4n) is 2.87. The predicted octanol–water partition coefficient (Wildman–Crippen LogP) is 5.65. The highest BCUT2D eigenvalue weighted by atomic mass is 32.1. The fraction of sp³-hybridized carbons (Fsp3) is 0.0952. The van der Waals surface area contributed by atoms with Crippen molar-refractivity contribution < 1.29 is 4.42 Å². The summed E-state index contributed by atoms with van der Waals surface area (Å²) in [7, 11) is 0. The van der Waals surface area contributed by atoms with Gasteiger partial charge in [-0.05, 0) is 36.8 Å². The highest BCUT2D eigenvalue weighted by Gasteiger charge is 2.17. The van der Waals surface area contributed by atoms with Crippen LogP contribution < -0.4 is 4.80 Å². The summed E-state index contributed by atoms with van der Waals surface area (Å²) in [6.07, 6.45) is 1.71. The molecular formula is C21H18N2OS. The van der Waals surface area contributed by atoms with E-state index in [2.05, 4.69) is 41.1 Å². The number of aromatic nitrogens is 1. The Hall–Kier alpha value is -2.85. The first-order valence-electron chi connectivity index (χ1n) is 8.21. The zero-order chi connectivity index (χ0) is 17.1. The van der Waals surface area contributed by atoms with Crippen molar-refractivity contribution in [3.05, 3.63) is 94.8 Å². The first kappa shape index (κ1) is 15.7. The highest BCUT2D eigenvalue weighted by molar-refractivity contribution is 7.07. The third kappa shape index (κ3) is 3.21. The van der Waals surface area contributed by atoms with Gasteiger partial charge in [-0.15, -0.1) is 11.3 Å². The third-order valence-electron chi connectivity index (χ3n) is 4.17. The van der Waals surface area contributed by atoms with E-state index >= 15 is 0 Å². The van der Waals surface area contributed by atoms with E-state index in [0.717, 1.165) is 21.9 Å². The van der Waals surface area contributed by atoms with Crippen LogP contribution in [-0.2, 0) is 0 Å². The monoisotopic (exact) mass is 346 g/mol. The van der Waals surface area contributed by atoms with Gasteiger partial charge in [-0.2, -0.15) is 0 Å². The van der Waals surface area contributed by atoms with E-state index in [-0.39, 0.29) is 6.04 Å². The normalized spacial score (nSPS) is 13.1. The van der Waals surface area contributed by atoms with Crippen LogP contribution in [0.25, 0.3) is 11.5 Å². The minimum atomic E-state index is 0.148. The number of rotatable bonds is 4. The number of furan rings is 1. The van der Waals surface area contributed by atoms with Crippen molar-refractivity contribution >= 4 is 17.0 Å². The smallest absolute Gasteiger partial charge is 0.191 e. The van der Waals surface area contributed by atoms with Crippen LogP contribution in [0.2, 0.25) is 0 Å². The Morgan fingerprint density at radius 1 is 0.920 bits per heavy atom. The molecule has 4 rings (SSSR count). The quantitative estimate of drug-likeness (QED) is 0.469. The Morgan fingerprint density at radius 3 is 2.32 bits per heavy atom. The van der Waals surface area contributed by atoms with Crippen LogP contribution in [0.15, 0.2) is 93.8 Å². The van der Waals surface area contributed by atoms with Gasteiger partial charge in [-0.1, -0.05) is 48.5 Å². The predicted molar refractivity (Wildman–Crippen MR) is 102 cm³/mol. The molecule has 2 aromatic carbocycles. The number of hydrogen-bond acceptors (Lipinski definition) is 3. The Labute approximate surface area is 150 Å². The summed E-state index contributed by atoms with van der Waals surface area (Å²) >= 11 is 1.63. The molecule has 0 fully saturated rings. The van der Waals surface area contributed by atoms with E-state index in [1.165, 1.54) is 5.56 Å². The van der Waals surface area contributed by atoms with E-state index in [1.54, 1.807) is 17.6 Å². The number of benzene rings is 2. The maximum Gasteiger partial charge on any atom is 0.191 e. The molecule has 1 unspecified atom stereocenters. The van der Waals surface area contributed by atoms with Crippen molar-refractivity contribution in [1.29, 1.82) is 0 Å². The number of hydrogen-bond donors (Lipinski definition) is 0. The molecule has 0 bridgehead atoms. The Morgan fingerprint density at radius 2 is 1.64 bits per heavy atom. The zero-order valence-corrected chi connectivity index (χ0v) is 14.7. The average molecular weight is 346 g/mol. The van der Waals surface area contributed by atoms with Crippen LogP contribution in [0.4, 0.5) is 5.69 Å². The molecule has 0 N–H and O–H groups in total. The Bertz CT molecular complexity index is 999. The molecular weight excluding hydrogens is 328 g/mol. The van der Waals surface area contributed by atoms with Crippen LogP contribution in [0.3, 0.4) is 0 Å². The number of nitrogens with zero attached hydrogens (tertiary/aromatic N) is 2. The van der Waals surface area contributed by atoms with Gasteiger partial charge < -0.3 is 8.98 Å². The lowest BCUT2D eigenvalue weighted by atomic mass is 10.1. The maximum absolute atomic E-state index is 5.65. The SMILES string of the molecule is CC(c1ccccc1)n1c(-c2ccco2)csc1=Nc1ccccc1. The largest absolute Gasteiger partial charge is 0.463 e. The third-order valence-corrected chi connectivity index (χ3v) is 5.01. The molecule has 4 aromatic rings. The summed E-state index contributed by atoms with van der Waals surface area (Å²) < 4.78 is 7.90. The molecule has 0 amide bonds. The van der Waals surface area contributed by atoms with E-state index in [0.29, 0.717) is 0 Å². The van der Waals surface area contributed by atoms with Crippen molar-refractivity contribution in [2.24, 2.45) is 4.99 Å². The van der Waals surface area contributed by atoms with Crippen LogP contribution >= 0.6 is 11.3 Å². The molecule has 1 atom stereocenters. The standard InChI is InChI=1S/C21H18N2OS/c1-16(17-9-4-2-5-10-17)23-19(20-13-8-14-24-20)15-25-21(23)22-18-11-6-3-7-12-18/h2-16H,1H3. The molecule has 0 aliphatic heterocycles. The van der Waals surface area contributed by atoms with Gasteiger partial charge >= 0.3 is 0 Å². The summed E-state index contributed by atoms with van der Waals surface area (Å²) in [5.41, 5.74) is 3.23. The molecule has 0 saturated carbocycles. The van der Waals surface area contributed by atoms with E-state index < -0.39 is 0 Å². The first-order chi connectivity index (χ1) is 12.3. The summed E-state index contributed by atoms with van der Waals surface area (Å²) in [6.45, 7) is 2.19. The summed E-state index contributed by atoms with van der Waals surface area (Å²) in [5, 5.41) is 2.11. The lowest BCUT2D eigenvalue weighted by molar-refractivity contribution is 0.560. The van der Waals surface area contributed by atoms with Gasteiger partial charge in [0, 0.05) is 5.38 Å². The minimum absolute atomic E-state index is 0.148. The molecule has 0 saturated heterocycles. The first-order valence-corrected chi connectivity index (χ1v) is 9.09. The lowest BCUT2D eigenvalue weighted by Gasteiger charge is -2.17. The van der Waals surface area contributed by atoms with Crippen LogP contribution in [0.5, 0.6) is 0 Å². The second-order valence-corrected chi connectivity index (χ2v) is 6.62. The topological polar surface area (TPSA) is 30.4 Å². The van der Waals surface area contributed by atoms with Crippen molar-refractivity contribution in [3.63, 3.8) is 0 Å². The Kier molecular flexibility index (Phi) is 4.36. The van der Waals surface area contributed by atoms with Gasteiger partial charge in [0.1, 0.15) is 0 Å². The Balaban J connectivity index is 1.90. The van der Waals surface area contributed by atoms with Crippen molar-refractivity contribution in [2.45, 2.75) is 13.0 Å². The van der Waals surface area contributed by atoms with Gasteiger partial charge in [0.15, 0.2) is 10.6 Å². The molecule has 2 aromatic heterocycles. The van der Waals surface area contributed by atoms with Gasteiger partial charge in [-0.25, -0.2) is 4.99 Å². The van der Waals surface area contributed by atoms with Crippen molar-refractivity contribution in [3.8, 4) is 11.5 Å². The summed E-state index contributed by atoms with van der Waals surface area (Å²) in [4.78, 5) is 5.81. The summed E-state index contributed by atoms with van der Waals surface area (Å²) in [6, 6.07) is 24.6. The molecule has 25 heavy (non-hydrogen) atoms. The molecule has 0 aliphatic rings. The molecule has 124 valence electrons. The van der Waals surface area contributed by atoms with Crippen molar-refractivity contribution in [1.82, 2.24) is 4.57 Å². The molecule has 0 radical (unpaired) electrons. The van der Waals surface area contributed by atoms with Crippen molar-refractivity contribution in [2.75, 3.05) is 0 Å². The molecule has 0 aliphatic carbocycles. The zero-order valence-electron chi connectivity index (χ0n) is 13.9. The second kappa shape index (κ2) is 6.95. The molecule has 2 heterocycles. The minimum Gasteiger partial charge on any atom is -0.463 e. The number of para-hydroxylation sites is 1. The average Bonchev–Trinajstić information content (AvgIpc) is 3.32. The second-order valence-electron chi connectivity index (χ2n) is 5.78. The lowest BCUT2D eigenvalue weighted by Crippen LogP contribution is -2.20. The molecule has 0 spiro atoms. The molecule has 4 heteroatoms.